The van der Waals surface area contributed by atoms with E-state index < -0.39 is 0 Å². The maximum atomic E-state index is 5.07. The molecule has 0 bridgehead atoms. The molecule has 0 radical (unpaired) electrons. The third-order valence-electron chi connectivity index (χ3n) is 4.88. The van der Waals surface area contributed by atoms with Crippen molar-refractivity contribution in [3.8, 4) is 0 Å². The number of aromatic nitrogens is 6. The molecule has 24 heavy (non-hydrogen) atoms. The summed E-state index contributed by atoms with van der Waals surface area (Å²) in [7, 11) is 2.17. The summed E-state index contributed by atoms with van der Waals surface area (Å²) in [5, 5.41) is 16.2. The molecule has 0 N–H and O–H groups in total. The maximum absolute atomic E-state index is 5.07. The molecule has 0 spiro atoms. The Bertz CT molecular complexity index is 679. The average Bonchev–Trinajstić information content (AvgIpc) is 3.19. The van der Waals surface area contributed by atoms with Crippen molar-refractivity contribution in [1.29, 1.82) is 0 Å². The predicted molar refractivity (Wildman–Crippen MR) is 84.9 cm³/mol. The SMILES string of the molecule is Cc1nc(CN2CCC[C@H](N(C)Cc3nnnn3C3CC3)C2)no1. The number of likely N-dealkylation sites (N-methyl/N-ethyl adjacent to an activating group) is 1. The highest BCUT2D eigenvalue weighted by molar-refractivity contribution is 4.92. The van der Waals surface area contributed by atoms with Gasteiger partial charge in [-0.05, 0) is 49.7 Å². The molecule has 0 aromatic carbocycles. The third kappa shape index (κ3) is 3.46. The maximum Gasteiger partial charge on any atom is 0.223 e. The zero-order valence-electron chi connectivity index (χ0n) is 14.3. The molecule has 2 aromatic rings. The van der Waals surface area contributed by atoms with Crippen molar-refractivity contribution >= 4 is 0 Å². The molecule has 9 nitrogen and oxygen atoms in total. The fourth-order valence-electron chi connectivity index (χ4n) is 3.41. The van der Waals surface area contributed by atoms with Crippen LogP contribution in [0.3, 0.4) is 0 Å². The van der Waals surface area contributed by atoms with Gasteiger partial charge in [-0.1, -0.05) is 5.16 Å². The van der Waals surface area contributed by atoms with E-state index in [1.54, 1.807) is 0 Å². The van der Waals surface area contributed by atoms with Gasteiger partial charge >= 0.3 is 0 Å². The molecule has 4 rings (SSSR count). The number of hydrogen-bond acceptors (Lipinski definition) is 8. The minimum absolute atomic E-state index is 0.496. The first kappa shape index (κ1) is 15.6. The summed E-state index contributed by atoms with van der Waals surface area (Å²) in [4.78, 5) is 9.09. The normalized spacial score (nSPS) is 22.4. The van der Waals surface area contributed by atoms with Gasteiger partial charge in [0.1, 0.15) is 0 Å². The monoisotopic (exact) mass is 332 g/mol. The standard InChI is InChI=1S/C15H24N8O/c1-11-16-14(18-24-11)9-22-7-3-4-13(8-22)21(2)10-15-17-19-20-23(15)12-5-6-12/h12-13H,3-10H2,1-2H3/t13-/m0/s1. The number of piperidine rings is 1. The van der Waals surface area contributed by atoms with Gasteiger partial charge < -0.3 is 4.52 Å². The molecule has 2 fully saturated rings. The van der Waals surface area contributed by atoms with E-state index in [1.165, 1.54) is 25.7 Å². The molecule has 0 unspecified atom stereocenters. The minimum atomic E-state index is 0.496. The lowest BCUT2D eigenvalue weighted by Gasteiger charge is -2.36. The van der Waals surface area contributed by atoms with E-state index in [0.717, 1.165) is 37.8 Å². The number of rotatable bonds is 6. The van der Waals surface area contributed by atoms with Gasteiger partial charge in [0.15, 0.2) is 11.6 Å². The average molecular weight is 332 g/mol. The smallest absolute Gasteiger partial charge is 0.223 e. The van der Waals surface area contributed by atoms with E-state index in [9.17, 15) is 0 Å². The van der Waals surface area contributed by atoms with Crippen molar-refractivity contribution in [2.75, 3.05) is 20.1 Å². The Hall–Kier alpha value is -1.87. The summed E-state index contributed by atoms with van der Waals surface area (Å²) in [6, 6.07) is 1.02. The quantitative estimate of drug-likeness (QED) is 0.767. The summed E-state index contributed by atoms with van der Waals surface area (Å²) >= 11 is 0. The first-order valence-corrected chi connectivity index (χ1v) is 8.67. The van der Waals surface area contributed by atoms with Crippen LogP contribution in [-0.4, -0.2) is 66.3 Å². The molecule has 1 aliphatic carbocycles. The molecule has 9 heteroatoms. The molecule has 1 aliphatic heterocycles. The van der Waals surface area contributed by atoms with Gasteiger partial charge in [-0.2, -0.15) is 4.98 Å². The molecule has 2 aromatic heterocycles. The fraction of sp³-hybridized carbons (Fsp3) is 0.800. The van der Waals surface area contributed by atoms with Crippen LogP contribution < -0.4 is 0 Å². The first-order valence-electron chi connectivity index (χ1n) is 8.67. The van der Waals surface area contributed by atoms with Crippen molar-refractivity contribution in [3.05, 3.63) is 17.5 Å². The second-order valence-electron chi connectivity index (χ2n) is 6.95. The zero-order valence-corrected chi connectivity index (χ0v) is 14.3. The van der Waals surface area contributed by atoms with Crippen molar-refractivity contribution < 1.29 is 4.52 Å². The molecule has 2 aliphatic rings. The zero-order chi connectivity index (χ0) is 16.5. The van der Waals surface area contributed by atoms with Crippen molar-refractivity contribution in [2.45, 2.75) is 57.8 Å². The Morgan fingerprint density at radius 3 is 2.92 bits per heavy atom. The van der Waals surface area contributed by atoms with E-state index in [0.29, 0.717) is 18.0 Å². The van der Waals surface area contributed by atoms with Crippen LogP contribution in [0.1, 0.15) is 49.3 Å². The van der Waals surface area contributed by atoms with Crippen LogP contribution in [0, 0.1) is 6.92 Å². The fourth-order valence-corrected chi connectivity index (χ4v) is 3.41. The largest absolute Gasteiger partial charge is 0.340 e. The van der Waals surface area contributed by atoms with E-state index in [2.05, 4.69) is 42.5 Å². The molecule has 1 atom stereocenters. The summed E-state index contributed by atoms with van der Waals surface area (Å²) in [6.07, 6.45) is 4.77. The van der Waals surface area contributed by atoms with Crippen molar-refractivity contribution in [3.63, 3.8) is 0 Å². The molecule has 130 valence electrons. The van der Waals surface area contributed by atoms with Crippen LogP contribution in [0.15, 0.2) is 4.52 Å². The van der Waals surface area contributed by atoms with Crippen LogP contribution in [0.5, 0.6) is 0 Å². The van der Waals surface area contributed by atoms with Crippen LogP contribution in [0.4, 0.5) is 0 Å². The highest BCUT2D eigenvalue weighted by Crippen LogP contribution is 2.34. The van der Waals surface area contributed by atoms with Crippen LogP contribution in [0.2, 0.25) is 0 Å². The highest BCUT2D eigenvalue weighted by atomic mass is 16.5. The second-order valence-corrected chi connectivity index (χ2v) is 6.95. The van der Waals surface area contributed by atoms with E-state index in [1.807, 2.05) is 11.6 Å². The van der Waals surface area contributed by atoms with Gasteiger partial charge in [-0.3, -0.25) is 9.80 Å². The summed E-state index contributed by atoms with van der Waals surface area (Å²) in [5.74, 6) is 2.38. The molecule has 3 heterocycles. The number of nitrogens with zero attached hydrogens (tertiary/aromatic N) is 8. The minimum Gasteiger partial charge on any atom is -0.340 e. The number of likely N-dealkylation sites (tertiary alicyclic amines) is 1. The third-order valence-corrected chi connectivity index (χ3v) is 4.88. The second kappa shape index (κ2) is 6.56. The Morgan fingerprint density at radius 2 is 2.17 bits per heavy atom. The number of tetrazole rings is 1. The summed E-state index contributed by atoms with van der Waals surface area (Å²) in [5.41, 5.74) is 0. The van der Waals surface area contributed by atoms with Gasteiger partial charge in [0, 0.05) is 19.5 Å². The van der Waals surface area contributed by atoms with Gasteiger partial charge in [0.2, 0.25) is 5.89 Å². The van der Waals surface area contributed by atoms with Gasteiger partial charge in [-0.15, -0.1) is 5.10 Å². The summed E-state index contributed by atoms with van der Waals surface area (Å²) < 4.78 is 7.07. The Balaban J connectivity index is 1.35. The van der Waals surface area contributed by atoms with Crippen LogP contribution in [0.25, 0.3) is 0 Å². The number of hydrogen-bond donors (Lipinski definition) is 0. The lowest BCUT2D eigenvalue weighted by atomic mass is 10.0. The van der Waals surface area contributed by atoms with Crippen LogP contribution in [-0.2, 0) is 13.1 Å². The van der Waals surface area contributed by atoms with E-state index in [-0.39, 0.29) is 0 Å². The highest BCUT2D eigenvalue weighted by Gasteiger charge is 2.30. The summed E-state index contributed by atoms with van der Waals surface area (Å²) in [6.45, 7) is 5.46. The predicted octanol–water partition coefficient (Wildman–Crippen LogP) is 0.796. The van der Waals surface area contributed by atoms with E-state index in [4.69, 9.17) is 4.52 Å². The molecular weight excluding hydrogens is 308 g/mol. The first-order chi connectivity index (χ1) is 11.7. The molecular formula is C15H24N8O. The Kier molecular flexibility index (Phi) is 4.28. The van der Waals surface area contributed by atoms with Crippen molar-refractivity contribution in [1.82, 2.24) is 40.1 Å². The van der Waals surface area contributed by atoms with E-state index >= 15 is 0 Å². The van der Waals surface area contributed by atoms with Crippen molar-refractivity contribution in [2.24, 2.45) is 0 Å². The lowest BCUT2D eigenvalue weighted by Crippen LogP contribution is -2.46. The molecule has 1 saturated heterocycles. The topological polar surface area (TPSA) is 89.0 Å². The number of aryl methyl sites for hydroxylation is 1. The Labute approximate surface area is 141 Å². The van der Waals surface area contributed by atoms with Gasteiger partial charge in [0.05, 0.1) is 19.1 Å². The lowest BCUT2D eigenvalue weighted by molar-refractivity contribution is 0.102. The molecule has 1 saturated carbocycles. The molecule has 0 amide bonds. The van der Waals surface area contributed by atoms with Gasteiger partial charge in [0.25, 0.3) is 0 Å². The van der Waals surface area contributed by atoms with Gasteiger partial charge in [-0.25, -0.2) is 4.68 Å². The Morgan fingerprint density at radius 1 is 1.29 bits per heavy atom. The van der Waals surface area contributed by atoms with Crippen LogP contribution >= 0.6 is 0 Å².